The number of fused-ring (bicyclic) bond motifs is 1. The van der Waals surface area contributed by atoms with Crippen LogP contribution in [0.5, 0.6) is 0 Å². The maximum Gasteiger partial charge on any atom is 0.257 e. The van der Waals surface area contributed by atoms with Gasteiger partial charge in [0.25, 0.3) is 5.71 Å². The number of rotatable bonds is 7. The molecule has 0 spiro atoms. The quantitative estimate of drug-likeness (QED) is 0.631. The van der Waals surface area contributed by atoms with E-state index in [9.17, 15) is 8.42 Å². The van der Waals surface area contributed by atoms with Gasteiger partial charge in [-0.1, -0.05) is 11.2 Å². The predicted molar refractivity (Wildman–Crippen MR) is 90.2 cm³/mol. The molecule has 0 amide bonds. The number of ether oxygens (including phenoxy) is 1. The van der Waals surface area contributed by atoms with Gasteiger partial charge in [0.2, 0.25) is 10.0 Å². The lowest BCUT2D eigenvalue weighted by Gasteiger charge is -2.21. The fourth-order valence-corrected chi connectivity index (χ4v) is 3.77. The normalized spacial score (nSPS) is 12.1. The third-order valence-corrected chi connectivity index (χ3v) is 5.56. The van der Waals surface area contributed by atoms with Crippen LogP contribution in [-0.4, -0.2) is 48.1 Å². The Labute approximate surface area is 145 Å². The maximum absolute atomic E-state index is 13.1. The van der Waals surface area contributed by atoms with Crippen LogP contribution >= 0.6 is 0 Å². The van der Waals surface area contributed by atoms with E-state index in [1.165, 1.54) is 23.7 Å². The Morgan fingerprint density at radius 2 is 2.16 bits per heavy atom. The van der Waals surface area contributed by atoms with Crippen molar-refractivity contribution in [1.82, 2.24) is 19.4 Å². The van der Waals surface area contributed by atoms with Gasteiger partial charge in [0.05, 0.1) is 23.9 Å². The van der Waals surface area contributed by atoms with Crippen molar-refractivity contribution < 1.29 is 17.7 Å². The van der Waals surface area contributed by atoms with Crippen molar-refractivity contribution in [2.24, 2.45) is 0 Å². The van der Waals surface area contributed by atoms with E-state index < -0.39 is 10.0 Å². The Morgan fingerprint density at radius 1 is 1.32 bits per heavy atom. The highest BCUT2D eigenvalue weighted by Gasteiger charge is 2.26. The third kappa shape index (κ3) is 3.68. The molecule has 0 aliphatic carbocycles. The average molecular weight is 362 g/mol. The van der Waals surface area contributed by atoms with Gasteiger partial charge in [0.1, 0.15) is 4.90 Å². The summed E-state index contributed by atoms with van der Waals surface area (Å²) in [5.74, 6) is 0. The smallest absolute Gasteiger partial charge is 0.257 e. The molecule has 0 atom stereocenters. The Kier molecular flexibility index (Phi) is 5.07. The van der Waals surface area contributed by atoms with Crippen LogP contribution in [0.3, 0.4) is 0 Å². The van der Waals surface area contributed by atoms with Gasteiger partial charge in [0, 0.05) is 32.6 Å². The van der Waals surface area contributed by atoms with Crippen LogP contribution in [0.4, 0.5) is 0 Å². The Bertz CT molecular complexity index is 957. The molecule has 8 nitrogen and oxygen atoms in total. The molecule has 0 unspecified atom stereocenters. The van der Waals surface area contributed by atoms with E-state index in [1.54, 1.807) is 25.4 Å². The molecular weight excluding hydrogens is 344 g/mol. The van der Waals surface area contributed by atoms with E-state index in [0.29, 0.717) is 16.8 Å². The van der Waals surface area contributed by atoms with Crippen LogP contribution < -0.4 is 0 Å². The summed E-state index contributed by atoms with van der Waals surface area (Å²) >= 11 is 0. The second-order valence-corrected chi connectivity index (χ2v) is 7.42. The van der Waals surface area contributed by atoms with Gasteiger partial charge >= 0.3 is 0 Å². The number of methoxy groups -OCH3 is 1. The highest BCUT2D eigenvalue weighted by atomic mass is 32.2. The standard InChI is InChI=1S/C16H18N4O4S/c1-12-15-8-14(10-18-16(15)24-19-12)25(21,22)20(6-7-23-2)11-13-4-3-5-17-9-13/h3-5,8-10H,6-7,11H2,1-2H3. The third-order valence-electron chi connectivity index (χ3n) is 3.75. The van der Waals surface area contributed by atoms with Gasteiger partial charge in [-0.25, -0.2) is 13.4 Å². The minimum absolute atomic E-state index is 0.0892. The monoisotopic (exact) mass is 362 g/mol. The summed E-state index contributed by atoms with van der Waals surface area (Å²) in [4.78, 5) is 8.18. The summed E-state index contributed by atoms with van der Waals surface area (Å²) in [6.07, 6.45) is 4.57. The topological polar surface area (TPSA) is 98.4 Å². The largest absolute Gasteiger partial charge is 0.383 e. The number of aryl methyl sites for hydroxylation is 1. The van der Waals surface area contributed by atoms with Gasteiger partial charge in [-0.3, -0.25) is 4.98 Å². The minimum atomic E-state index is -3.76. The summed E-state index contributed by atoms with van der Waals surface area (Å²) in [5.41, 5.74) is 1.69. The SMILES string of the molecule is COCCN(Cc1cccnc1)S(=O)(=O)c1cnc2onc(C)c2c1. The molecule has 0 saturated carbocycles. The van der Waals surface area contributed by atoms with Crippen molar-refractivity contribution >= 4 is 21.1 Å². The second-order valence-electron chi connectivity index (χ2n) is 5.48. The van der Waals surface area contributed by atoms with E-state index >= 15 is 0 Å². The summed E-state index contributed by atoms with van der Waals surface area (Å²) < 4.78 is 37.6. The highest BCUT2D eigenvalue weighted by Crippen LogP contribution is 2.23. The molecule has 132 valence electrons. The lowest BCUT2D eigenvalue weighted by atomic mass is 10.3. The van der Waals surface area contributed by atoms with Gasteiger partial charge in [-0.15, -0.1) is 0 Å². The zero-order valence-corrected chi connectivity index (χ0v) is 14.7. The molecule has 0 fully saturated rings. The van der Waals surface area contributed by atoms with Crippen LogP contribution in [-0.2, 0) is 21.3 Å². The highest BCUT2D eigenvalue weighted by molar-refractivity contribution is 7.89. The number of hydrogen-bond donors (Lipinski definition) is 0. The number of nitrogens with zero attached hydrogens (tertiary/aromatic N) is 4. The summed E-state index contributed by atoms with van der Waals surface area (Å²) in [6.45, 7) is 2.43. The number of hydrogen-bond acceptors (Lipinski definition) is 7. The number of pyridine rings is 2. The molecule has 0 saturated heterocycles. The van der Waals surface area contributed by atoms with Crippen molar-refractivity contribution in [1.29, 1.82) is 0 Å². The minimum Gasteiger partial charge on any atom is -0.383 e. The maximum atomic E-state index is 13.1. The van der Waals surface area contributed by atoms with E-state index in [2.05, 4.69) is 15.1 Å². The molecule has 3 aromatic rings. The molecule has 9 heteroatoms. The summed E-state index contributed by atoms with van der Waals surface area (Å²) in [7, 11) is -2.23. The van der Waals surface area contributed by atoms with Crippen LogP contribution in [0.25, 0.3) is 11.1 Å². The van der Waals surface area contributed by atoms with Crippen molar-refractivity contribution in [3.05, 3.63) is 48.0 Å². The molecule has 3 rings (SSSR count). The van der Waals surface area contributed by atoms with E-state index in [1.807, 2.05) is 6.07 Å². The molecular formula is C16H18N4O4S. The average Bonchev–Trinajstić information content (AvgIpc) is 3.00. The number of sulfonamides is 1. The van der Waals surface area contributed by atoms with Crippen LogP contribution in [0.1, 0.15) is 11.3 Å². The van der Waals surface area contributed by atoms with E-state index in [0.717, 1.165) is 5.56 Å². The van der Waals surface area contributed by atoms with E-state index in [-0.39, 0.29) is 24.6 Å². The van der Waals surface area contributed by atoms with Crippen molar-refractivity contribution in [2.75, 3.05) is 20.3 Å². The molecule has 0 aromatic carbocycles. The van der Waals surface area contributed by atoms with Crippen LogP contribution in [0, 0.1) is 6.92 Å². The Hall–Kier alpha value is -2.36. The van der Waals surface area contributed by atoms with Crippen molar-refractivity contribution in [2.45, 2.75) is 18.4 Å². The lowest BCUT2D eigenvalue weighted by molar-refractivity contribution is 0.177. The molecule has 3 heterocycles. The fourth-order valence-electron chi connectivity index (χ4n) is 2.39. The Balaban J connectivity index is 1.97. The second kappa shape index (κ2) is 7.26. The fraction of sp³-hybridized carbons (Fsp3) is 0.312. The van der Waals surface area contributed by atoms with Gasteiger partial charge in [-0.2, -0.15) is 4.31 Å². The molecule has 0 aliphatic rings. The zero-order chi connectivity index (χ0) is 17.9. The first-order chi connectivity index (χ1) is 12.0. The summed E-state index contributed by atoms with van der Waals surface area (Å²) in [6, 6.07) is 5.13. The van der Waals surface area contributed by atoms with E-state index in [4.69, 9.17) is 9.26 Å². The molecule has 3 aromatic heterocycles. The first-order valence-corrected chi connectivity index (χ1v) is 9.06. The zero-order valence-electron chi connectivity index (χ0n) is 13.9. The first-order valence-electron chi connectivity index (χ1n) is 7.62. The van der Waals surface area contributed by atoms with Gasteiger partial charge < -0.3 is 9.26 Å². The van der Waals surface area contributed by atoms with Crippen LogP contribution in [0.2, 0.25) is 0 Å². The van der Waals surface area contributed by atoms with Crippen molar-refractivity contribution in [3.63, 3.8) is 0 Å². The van der Waals surface area contributed by atoms with Crippen molar-refractivity contribution in [3.8, 4) is 0 Å². The van der Waals surface area contributed by atoms with Gasteiger partial charge in [0.15, 0.2) is 0 Å². The number of aromatic nitrogens is 3. The van der Waals surface area contributed by atoms with Gasteiger partial charge in [-0.05, 0) is 24.6 Å². The molecule has 0 bridgehead atoms. The lowest BCUT2D eigenvalue weighted by Crippen LogP contribution is -2.33. The molecule has 0 N–H and O–H groups in total. The Morgan fingerprint density at radius 3 is 2.88 bits per heavy atom. The first kappa shape index (κ1) is 17.5. The predicted octanol–water partition coefficient (Wildman–Crippen LogP) is 1.76. The molecule has 25 heavy (non-hydrogen) atoms. The molecule has 0 radical (unpaired) electrons. The summed E-state index contributed by atoms with van der Waals surface area (Å²) in [5, 5.41) is 4.38. The molecule has 0 aliphatic heterocycles. The van der Waals surface area contributed by atoms with Crippen LogP contribution in [0.15, 0.2) is 46.2 Å².